The fourth-order valence-corrected chi connectivity index (χ4v) is 2.17. The summed E-state index contributed by atoms with van der Waals surface area (Å²) < 4.78 is 0. The predicted molar refractivity (Wildman–Crippen MR) is 57.8 cm³/mol. The van der Waals surface area contributed by atoms with Crippen molar-refractivity contribution in [3.05, 3.63) is 0 Å². The normalized spacial score (nSPS) is 31.1. The van der Waals surface area contributed by atoms with E-state index in [1.54, 1.807) is 0 Å². The number of aliphatic carboxylic acids is 1. The van der Waals surface area contributed by atoms with E-state index in [-0.39, 0.29) is 18.4 Å². The number of rotatable bonds is 4. The van der Waals surface area contributed by atoms with Crippen LogP contribution in [0.15, 0.2) is 0 Å². The Morgan fingerprint density at radius 2 is 2.12 bits per heavy atom. The number of carboxylic acid groups (broad SMARTS) is 1. The van der Waals surface area contributed by atoms with E-state index in [1.807, 2.05) is 6.92 Å². The lowest BCUT2D eigenvalue weighted by atomic mass is 9.97. The van der Waals surface area contributed by atoms with E-state index in [2.05, 4.69) is 10.6 Å². The Bertz CT molecular complexity index is 312. The maximum atomic E-state index is 11.8. The summed E-state index contributed by atoms with van der Waals surface area (Å²) in [5, 5.41) is 14.9. The zero-order valence-corrected chi connectivity index (χ0v) is 9.45. The second-order valence-electron chi connectivity index (χ2n) is 5.05. The van der Waals surface area contributed by atoms with Gasteiger partial charge in [0.2, 0.25) is 5.91 Å². The molecule has 1 amide bonds. The molecule has 2 atom stereocenters. The predicted octanol–water partition coefficient (Wildman–Crippen LogP) is -0.177. The summed E-state index contributed by atoms with van der Waals surface area (Å²) in [5.74, 6) is -0.472. The van der Waals surface area contributed by atoms with E-state index in [0.29, 0.717) is 25.3 Å². The van der Waals surface area contributed by atoms with Crippen LogP contribution < -0.4 is 10.6 Å². The molecule has 5 nitrogen and oxygen atoms in total. The molecule has 1 heterocycles. The van der Waals surface area contributed by atoms with E-state index in [1.165, 1.54) is 0 Å². The van der Waals surface area contributed by atoms with Crippen molar-refractivity contribution < 1.29 is 14.7 Å². The van der Waals surface area contributed by atoms with Crippen LogP contribution in [-0.2, 0) is 9.59 Å². The minimum atomic E-state index is -0.787. The van der Waals surface area contributed by atoms with Crippen molar-refractivity contribution in [3.63, 3.8) is 0 Å². The van der Waals surface area contributed by atoms with Crippen LogP contribution in [0.5, 0.6) is 0 Å². The van der Waals surface area contributed by atoms with Crippen molar-refractivity contribution in [2.24, 2.45) is 17.3 Å². The van der Waals surface area contributed by atoms with Crippen molar-refractivity contribution in [2.45, 2.75) is 19.8 Å². The Hall–Kier alpha value is -1.10. The van der Waals surface area contributed by atoms with Gasteiger partial charge in [0.05, 0.1) is 11.3 Å². The second-order valence-corrected chi connectivity index (χ2v) is 5.05. The minimum Gasteiger partial charge on any atom is -0.481 e. The monoisotopic (exact) mass is 226 g/mol. The highest BCUT2D eigenvalue weighted by molar-refractivity contribution is 5.82. The Kier molecular flexibility index (Phi) is 2.88. The van der Waals surface area contributed by atoms with Crippen LogP contribution in [0, 0.1) is 17.3 Å². The van der Waals surface area contributed by atoms with Gasteiger partial charge in [-0.25, -0.2) is 0 Å². The summed E-state index contributed by atoms with van der Waals surface area (Å²) in [5.41, 5.74) is -0.662. The largest absolute Gasteiger partial charge is 0.481 e. The Balaban J connectivity index is 1.82. The molecule has 1 aliphatic carbocycles. The quantitative estimate of drug-likeness (QED) is 0.621. The lowest BCUT2D eigenvalue weighted by Crippen LogP contribution is -2.39. The first-order chi connectivity index (χ1) is 7.55. The number of carbonyl (C=O) groups excluding carboxylic acids is 1. The first kappa shape index (κ1) is 11.4. The number of hydrogen-bond acceptors (Lipinski definition) is 3. The van der Waals surface area contributed by atoms with Crippen molar-refractivity contribution in [2.75, 3.05) is 19.6 Å². The van der Waals surface area contributed by atoms with Crippen molar-refractivity contribution in [3.8, 4) is 0 Å². The molecule has 2 aliphatic rings. The summed E-state index contributed by atoms with van der Waals surface area (Å²) in [4.78, 5) is 22.7. The molecular weight excluding hydrogens is 208 g/mol. The molecule has 0 unspecified atom stereocenters. The van der Waals surface area contributed by atoms with Gasteiger partial charge >= 0.3 is 5.97 Å². The van der Waals surface area contributed by atoms with Gasteiger partial charge in [-0.15, -0.1) is 0 Å². The molecule has 0 aromatic rings. The summed E-state index contributed by atoms with van der Waals surface area (Å²) in [7, 11) is 0. The number of hydrogen-bond donors (Lipinski definition) is 3. The fraction of sp³-hybridized carbons (Fsp3) is 0.818. The van der Waals surface area contributed by atoms with E-state index in [0.717, 1.165) is 6.54 Å². The molecule has 0 aromatic carbocycles. The fourth-order valence-electron chi connectivity index (χ4n) is 2.17. The van der Waals surface area contributed by atoms with E-state index in [9.17, 15) is 9.59 Å². The third kappa shape index (κ3) is 2.04. The SMILES string of the molecule is C[C@@H]1CNC[C@H]1C(=O)NCC1(C(=O)O)CC1. The summed E-state index contributed by atoms with van der Waals surface area (Å²) in [6.45, 7) is 3.88. The maximum Gasteiger partial charge on any atom is 0.311 e. The molecule has 0 aromatic heterocycles. The molecule has 1 aliphatic heterocycles. The molecule has 2 rings (SSSR count). The van der Waals surface area contributed by atoms with Crippen molar-refractivity contribution >= 4 is 11.9 Å². The third-order valence-corrected chi connectivity index (χ3v) is 3.76. The highest BCUT2D eigenvalue weighted by Crippen LogP contribution is 2.45. The molecule has 16 heavy (non-hydrogen) atoms. The molecule has 0 radical (unpaired) electrons. The average Bonchev–Trinajstić information content (AvgIpc) is 2.92. The standard InChI is InChI=1S/C11H18N2O3/c1-7-4-12-5-8(7)9(14)13-6-11(2-3-11)10(15)16/h7-8,12H,2-6H2,1H3,(H,13,14)(H,15,16)/t7-,8-/m1/s1. The van der Waals surface area contributed by atoms with Gasteiger partial charge in [-0.1, -0.05) is 6.92 Å². The van der Waals surface area contributed by atoms with Gasteiger partial charge in [0.15, 0.2) is 0 Å². The van der Waals surface area contributed by atoms with Crippen molar-refractivity contribution in [1.29, 1.82) is 0 Å². The molecule has 1 saturated carbocycles. The highest BCUT2D eigenvalue weighted by atomic mass is 16.4. The first-order valence-electron chi connectivity index (χ1n) is 5.77. The zero-order chi connectivity index (χ0) is 11.8. The molecule has 2 fully saturated rings. The van der Waals surface area contributed by atoms with Crippen LogP contribution in [0.25, 0.3) is 0 Å². The molecule has 0 bridgehead atoms. The topological polar surface area (TPSA) is 78.4 Å². The van der Waals surface area contributed by atoms with Gasteiger partial charge < -0.3 is 15.7 Å². The smallest absolute Gasteiger partial charge is 0.311 e. The highest BCUT2D eigenvalue weighted by Gasteiger charge is 2.50. The molecular formula is C11H18N2O3. The Morgan fingerprint density at radius 1 is 1.44 bits per heavy atom. The third-order valence-electron chi connectivity index (χ3n) is 3.76. The number of carbonyl (C=O) groups is 2. The van der Waals surface area contributed by atoms with Gasteiger partial charge in [-0.05, 0) is 25.3 Å². The zero-order valence-electron chi connectivity index (χ0n) is 9.45. The van der Waals surface area contributed by atoms with Crippen LogP contribution >= 0.6 is 0 Å². The Labute approximate surface area is 94.6 Å². The molecule has 3 N–H and O–H groups in total. The van der Waals surface area contributed by atoms with Gasteiger partial charge in [0.25, 0.3) is 0 Å². The van der Waals surface area contributed by atoms with Gasteiger partial charge in [0.1, 0.15) is 0 Å². The average molecular weight is 226 g/mol. The second kappa shape index (κ2) is 4.05. The van der Waals surface area contributed by atoms with Crippen LogP contribution in [-0.4, -0.2) is 36.6 Å². The molecule has 5 heteroatoms. The van der Waals surface area contributed by atoms with Crippen LogP contribution in [0.3, 0.4) is 0 Å². The van der Waals surface area contributed by atoms with Gasteiger partial charge in [-0.3, -0.25) is 9.59 Å². The van der Waals surface area contributed by atoms with Crippen molar-refractivity contribution in [1.82, 2.24) is 10.6 Å². The van der Waals surface area contributed by atoms with Crippen LogP contribution in [0.2, 0.25) is 0 Å². The number of carboxylic acids is 1. The molecule has 1 saturated heterocycles. The van der Waals surface area contributed by atoms with E-state index >= 15 is 0 Å². The van der Waals surface area contributed by atoms with Gasteiger partial charge in [0, 0.05) is 13.1 Å². The summed E-state index contributed by atoms with van der Waals surface area (Å²) in [6, 6.07) is 0. The number of amides is 1. The van der Waals surface area contributed by atoms with Gasteiger partial charge in [-0.2, -0.15) is 0 Å². The first-order valence-corrected chi connectivity index (χ1v) is 5.77. The lowest BCUT2D eigenvalue weighted by molar-refractivity contribution is -0.143. The summed E-state index contributed by atoms with van der Waals surface area (Å²) in [6.07, 6.45) is 1.36. The lowest BCUT2D eigenvalue weighted by Gasteiger charge is -2.16. The molecule has 0 spiro atoms. The Morgan fingerprint density at radius 3 is 2.56 bits per heavy atom. The van der Waals surface area contributed by atoms with E-state index in [4.69, 9.17) is 5.11 Å². The van der Waals surface area contributed by atoms with Crippen LogP contribution in [0.4, 0.5) is 0 Å². The minimum absolute atomic E-state index is 0.00924. The summed E-state index contributed by atoms with van der Waals surface area (Å²) >= 11 is 0. The van der Waals surface area contributed by atoms with Crippen LogP contribution in [0.1, 0.15) is 19.8 Å². The maximum absolute atomic E-state index is 11.8. The number of nitrogens with one attached hydrogen (secondary N) is 2. The molecule has 90 valence electrons. The van der Waals surface area contributed by atoms with E-state index < -0.39 is 11.4 Å².